The number of rotatable bonds is 7. The fraction of sp³-hybridized carbons (Fsp3) is 0.263. The number of likely N-dealkylation sites (N-methyl/N-ethyl adjacent to an activating group) is 1. The number of halogens is 3. The lowest BCUT2D eigenvalue weighted by Gasteiger charge is -2.28. The van der Waals surface area contributed by atoms with Crippen LogP contribution >= 0.6 is 39.1 Å². The topological polar surface area (TPSA) is 58.6 Å². The maximum atomic E-state index is 12.8. The molecule has 0 aliphatic heterocycles. The Kier molecular flexibility index (Phi) is 7.95. The van der Waals surface area contributed by atoms with Crippen LogP contribution < -0.4 is 10.1 Å². The minimum Gasteiger partial charge on any atom is -0.482 e. The van der Waals surface area contributed by atoms with E-state index in [4.69, 9.17) is 27.9 Å². The van der Waals surface area contributed by atoms with Crippen molar-refractivity contribution < 1.29 is 14.3 Å². The molecule has 2 rings (SSSR count). The summed E-state index contributed by atoms with van der Waals surface area (Å²) in [5.74, 6) is -0.240. The van der Waals surface area contributed by atoms with Crippen LogP contribution in [0.2, 0.25) is 10.0 Å². The second kappa shape index (κ2) is 9.97. The van der Waals surface area contributed by atoms with Gasteiger partial charge in [-0.3, -0.25) is 9.59 Å². The first-order valence-electron chi connectivity index (χ1n) is 8.15. The Morgan fingerprint density at radius 1 is 1.19 bits per heavy atom. The lowest BCUT2D eigenvalue weighted by molar-refractivity contribution is -0.142. The van der Waals surface area contributed by atoms with E-state index in [1.807, 2.05) is 24.3 Å². The fourth-order valence-electron chi connectivity index (χ4n) is 2.39. The maximum Gasteiger partial charge on any atom is 0.261 e. The van der Waals surface area contributed by atoms with Crippen LogP contribution in [-0.2, 0) is 16.1 Å². The minimum atomic E-state index is -0.657. The molecule has 0 aliphatic carbocycles. The summed E-state index contributed by atoms with van der Waals surface area (Å²) in [6.07, 6.45) is 0. The Bertz CT molecular complexity index is 815. The number of carbonyl (C=O) groups excluding carboxylic acids is 2. The number of hydrogen-bond acceptors (Lipinski definition) is 3. The zero-order valence-corrected chi connectivity index (χ0v) is 17.9. The van der Waals surface area contributed by atoms with E-state index in [1.165, 1.54) is 18.0 Å². The summed E-state index contributed by atoms with van der Waals surface area (Å²) in [5, 5.41) is 3.36. The molecular weight excluding hydrogens is 455 g/mol. The molecule has 0 heterocycles. The number of ether oxygens (including phenoxy) is 1. The second-order valence-electron chi connectivity index (χ2n) is 5.80. The van der Waals surface area contributed by atoms with E-state index in [9.17, 15) is 9.59 Å². The highest BCUT2D eigenvalue weighted by Gasteiger charge is 2.26. The second-order valence-corrected chi connectivity index (χ2v) is 7.56. The Hall–Kier alpha value is -1.76. The van der Waals surface area contributed by atoms with Gasteiger partial charge in [-0.25, -0.2) is 0 Å². The van der Waals surface area contributed by atoms with Gasteiger partial charge in [0.05, 0.1) is 5.02 Å². The molecular formula is C19H19BrCl2N2O3. The fourth-order valence-corrected chi connectivity index (χ4v) is 3.12. The van der Waals surface area contributed by atoms with E-state index >= 15 is 0 Å². The van der Waals surface area contributed by atoms with Crippen LogP contribution in [-0.4, -0.2) is 36.4 Å². The van der Waals surface area contributed by atoms with Crippen LogP contribution in [0.15, 0.2) is 46.9 Å². The Morgan fingerprint density at radius 3 is 2.44 bits per heavy atom. The van der Waals surface area contributed by atoms with E-state index in [1.54, 1.807) is 19.1 Å². The molecule has 27 heavy (non-hydrogen) atoms. The van der Waals surface area contributed by atoms with Gasteiger partial charge >= 0.3 is 0 Å². The van der Waals surface area contributed by atoms with Crippen molar-refractivity contribution in [1.82, 2.24) is 10.2 Å². The van der Waals surface area contributed by atoms with Crippen LogP contribution in [0.3, 0.4) is 0 Å². The van der Waals surface area contributed by atoms with Gasteiger partial charge in [-0.2, -0.15) is 0 Å². The van der Waals surface area contributed by atoms with Crippen molar-refractivity contribution in [2.24, 2.45) is 0 Å². The molecule has 8 heteroatoms. The molecule has 0 saturated heterocycles. The van der Waals surface area contributed by atoms with Gasteiger partial charge in [-0.15, -0.1) is 0 Å². The molecule has 5 nitrogen and oxygen atoms in total. The summed E-state index contributed by atoms with van der Waals surface area (Å²) in [6, 6.07) is 11.6. The Morgan fingerprint density at radius 2 is 1.85 bits per heavy atom. The average Bonchev–Trinajstić information content (AvgIpc) is 2.65. The van der Waals surface area contributed by atoms with Crippen LogP contribution in [0.5, 0.6) is 5.75 Å². The quantitative estimate of drug-likeness (QED) is 0.652. The Balaban J connectivity index is 2.14. The first kappa shape index (κ1) is 21.5. The van der Waals surface area contributed by atoms with Crippen molar-refractivity contribution in [2.75, 3.05) is 13.7 Å². The lowest BCUT2D eigenvalue weighted by atomic mass is 10.1. The third-order valence-corrected chi connectivity index (χ3v) is 4.98. The van der Waals surface area contributed by atoms with Crippen molar-refractivity contribution in [1.29, 1.82) is 0 Å². The van der Waals surface area contributed by atoms with E-state index in [0.29, 0.717) is 15.8 Å². The van der Waals surface area contributed by atoms with Crippen molar-refractivity contribution in [3.63, 3.8) is 0 Å². The number of nitrogens with zero attached hydrogens (tertiary/aromatic N) is 1. The van der Waals surface area contributed by atoms with E-state index in [-0.39, 0.29) is 25.0 Å². The summed E-state index contributed by atoms with van der Waals surface area (Å²) in [5.41, 5.74) is 0.895. The molecule has 2 aromatic rings. The molecule has 2 amide bonds. The molecule has 0 radical (unpaired) electrons. The van der Waals surface area contributed by atoms with E-state index < -0.39 is 6.04 Å². The molecule has 0 bridgehead atoms. The smallest absolute Gasteiger partial charge is 0.261 e. The summed E-state index contributed by atoms with van der Waals surface area (Å²) < 4.78 is 6.47. The van der Waals surface area contributed by atoms with Crippen LogP contribution in [0, 0.1) is 0 Å². The molecule has 0 saturated carbocycles. The summed E-state index contributed by atoms with van der Waals surface area (Å²) in [6.45, 7) is 1.70. The van der Waals surface area contributed by atoms with Crippen LogP contribution in [0.25, 0.3) is 0 Å². The van der Waals surface area contributed by atoms with E-state index in [0.717, 1.165) is 10.0 Å². The lowest BCUT2D eigenvalue weighted by Crippen LogP contribution is -2.48. The zero-order valence-electron chi connectivity index (χ0n) is 14.8. The van der Waals surface area contributed by atoms with Crippen molar-refractivity contribution in [2.45, 2.75) is 19.5 Å². The zero-order chi connectivity index (χ0) is 20.0. The normalized spacial score (nSPS) is 11.6. The molecule has 2 aromatic carbocycles. The molecule has 0 aromatic heterocycles. The van der Waals surface area contributed by atoms with Crippen molar-refractivity contribution in [3.05, 3.63) is 62.5 Å². The monoisotopic (exact) mass is 472 g/mol. The number of benzene rings is 2. The summed E-state index contributed by atoms with van der Waals surface area (Å²) in [4.78, 5) is 26.3. The molecule has 0 spiro atoms. The first-order valence-corrected chi connectivity index (χ1v) is 9.70. The molecule has 1 unspecified atom stereocenters. The highest BCUT2D eigenvalue weighted by Crippen LogP contribution is 2.27. The Labute approximate surface area is 176 Å². The van der Waals surface area contributed by atoms with Gasteiger partial charge in [0.1, 0.15) is 11.8 Å². The largest absolute Gasteiger partial charge is 0.482 e. The molecule has 0 fully saturated rings. The van der Waals surface area contributed by atoms with Crippen molar-refractivity contribution >= 4 is 50.9 Å². The third-order valence-electron chi connectivity index (χ3n) is 3.92. The first-order chi connectivity index (χ1) is 12.8. The highest BCUT2D eigenvalue weighted by atomic mass is 79.9. The van der Waals surface area contributed by atoms with E-state index in [2.05, 4.69) is 21.2 Å². The molecule has 1 N–H and O–H groups in total. The van der Waals surface area contributed by atoms with Crippen LogP contribution in [0.1, 0.15) is 12.5 Å². The number of hydrogen-bond donors (Lipinski definition) is 1. The predicted octanol–water partition coefficient (Wildman–Crippen LogP) is 4.30. The van der Waals surface area contributed by atoms with Gasteiger partial charge in [0.25, 0.3) is 5.91 Å². The number of nitrogens with one attached hydrogen (secondary N) is 1. The molecule has 0 aliphatic rings. The molecule has 144 valence electrons. The van der Waals surface area contributed by atoms with Gasteiger partial charge < -0.3 is 15.0 Å². The summed E-state index contributed by atoms with van der Waals surface area (Å²) in [7, 11) is 1.53. The van der Waals surface area contributed by atoms with Gasteiger partial charge in [0, 0.05) is 23.1 Å². The van der Waals surface area contributed by atoms with Crippen molar-refractivity contribution in [3.8, 4) is 5.75 Å². The maximum absolute atomic E-state index is 12.8. The number of amides is 2. The third kappa shape index (κ3) is 6.13. The number of carbonyl (C=O) groups is 2. The molecule has 1 atom stereocenters. The highest BCUT2D eigenvalue weighted by molar-refractivity contribution is 9.10. The van der Waals surface area contributed by atoms with Crippen LogP contribution in [0.4, 0.5) is 0 Å². The van der Waals surface area contributed by atoms with Gasteiger partial charge in [-0.1, -0.05) is 51.3 Å². The summed E-state index contributed by atoms with van der Waals surface area (Å²) >= 11 is 15.3. The SMILES string of the molecule is CNC(=O)C(C)N(Cc1ccc(Br)cc1)C(=O)COc1ccc(Cl)cc1Cl. The van der Waals surface area contributed by atoms with Gasteiger partial charge in [-0.05, 0) is 42.8 Å². The van der Waals surface area contributed by atoms with Gasteiger partial charge in [0.15, 0.2) is 6.61 Å². The van der Waals surface area contributed by atoms with Gasteiger partial charge in [0.2, 0.25) is 5.91 Å². The standard InChI is InChI=1S/C19H19BrCl2N2O3/c1-12(19(26)23-2)24(10-13-3-5-14(20)6-4-13)18(25)11-27-17-8-7-15(21)9-16(17)22/h3-9,12H,10-11H2,1-2H3,(H,23,26). The predicted molar refractivity (Wildman–Crippen MR) is 110 cm³/mol. The average molecular weight is 474 g/mol. The minimum absolute atomic E-state index is 0.251.